The average molecular weight is 185 g/mol. The standard InChI is InChI=1S/C5H15NO2S.C2H6.H2/c1-3-4-5-6-9(2,7)8;1-2;/h6-8H,3-5H2,1-2H3;1-2H3;1H. The second-order valence-electron chi connectivity index (χ2n) is 2.08. The smallest absolute Gasteiger partial charge is 0.0416 e. The molecule has 0 aliphatic carbocycles. The fraction of sp³-hybridized carbons (Fsp3) is 1.00. The van der Waals surface area contributed by atoms with Crippen molar-refractivity contribution in [3.63, 3.8) is 0 Å². The molecule has 0 fully saturated rings. The van der Waals surface area contributed by atoms with Crippen LogP contribution in [0.2, 0.25) is 0 Å². The van der Waals surface area contributed by atoms with Crippen molar-refractivity contribution >= 4 is 10.8 Å². The molecule has 0 amide bonds. The SMILES string of the molecule is CC.CCCCNS(C)(O)O.[HH]. The third-order valence-electron chi connectivity index (χ3n) is 0.906. The largest absolute Gasteiger partial charge is 0.286 e. The van der Waals surface area contributed by atoms with Gasteiger partial charge in [0.05, 0.1) is 0 Å². The van der Waals surface area contributed by atoms with E-state index in [1.54, 1.807) is 0 Å². The van der Waals surface area contributed by atoms with Crippen LogP contribution in [0.15, 0.2) is 0 Å². The van der Waals surface area contributed by atoms with Crippen molar-refractivity contribution in [2.24, 2.45) is 0 Å². The normalized spacial score (nSPS) is 11.8. The lowest BCUT2D eigenvalue weighted by Crippen LogP contribution is -2.19. The van der Waals surface area contributed by atoms with Gasteiger partial charge in [-0.05, 0) is 6.42 Å². The summed E-state index contributed by atoms with van der Waals surface area (Å²) in [5.41, 5.74) is 0. The summed E-state index contributed by atoms with van der Waals surface area (Å²) in [6.07, 6.45) is 3.45. The first-order chi connectivity index (χ1) is 5.06. The Bertz CT molecular complexity index is 78.3. The lowest BCUT2D eigenvalue weighted by atomic mass is 10.3. The zero-order chi connectivity index (χ0) is 9.33. The predicted octanol–water partition coefficient (Wildman–Crippen LogP) is 2.94. The minimum atomic E-state index is -2.45. The van der Waals surface area contributed by atoms with E-state index in [1.807, 2.05) is 13.8 Å². The van der Waals surface area contributed by atoms with Crippen molar-refractivity contribution in [1.29, 1.82) is 0 Å². The van der Waals surface area contributed by atoms with Crippen molar-refractivity contribution in [3.8, 4) is 0 Å². The van der Waals surface area contributed by atoms with Gasteiger partial charge in [-0.2, -0.15) is 0 Å². The molecule has 0 rings (SSSR count). The molecule has 11 heavy (non-hydrogen) atoms. The van der Waals surface area contributed by atoms with Crippen LogP contribution in [-0.4, -0.2) is 21.9 Å². The van der Waals surface area contributed by atoms with E-state index in [0.29, 0.717) is 6.54 Å². The topological polar surface area (TPSA) is 52.5 Å². The Kier molecular flexibility index (Phi) is 10.4. The molecule has 0 aliphatic heterocycles. The highest BCUT2D eigenvalue weighted by Crippen LogP contribution is 2.26. The quantitative estimate of drug-likeness (QED) is 0.590. The third-order valence-corrected chi connectivity index (χ3v) is 1.66. The van der Waals surface area contributed by atoms with Crippen molar-refractivity contribution in [2.75, 3.05) is 12.8 Å². The lowest BCUT2D eigenvalue weighted by molar-refractivity contribution is 0.476. The van der Waals surface area contributed by atoms with E-state index in [0.717, 1.165) is 12.8 Å². The Morgan fingerprint density at radius 3 is 2.09 bits per heavy atom. The second kappa shape index (κ2) is 8.33. The minimum absolute atomic E-state index is 0. The molecule has 0 unspecified atom stereocenters. The molecule has 0 bridgehead atoms. The Balaban J connectivity index is -0.000000249. The van der Waals surface area contributed by atoms with Crippen LogP contribution in [0.25, 0.3) is 0 Å². The molecule has 0 spiro atoms. The van der Waals surface area contributed by atoms with Crippen LogP contribution in [0.1, 0.15) is 35.0 Å². The fourth-order valence-electron chi connectivity index (χ4n) is 0.442. The van der Waals surface area contributed by atoms with Crippen LogP contribution < -0.4 is 4.72 Å². The number of unbranched alkanes of at least 4 members (excludes halogenated alkanes) is 1. The maximum Gasteiger partial charge on any atom is 0.0416 e. The summed E-state index contributed by atoms with van der Waals surface area (Å²) in [5, 5.41) is 0. The molecule has 0 aromatic heterocycles. The van der Waals surface area contributed by atoms with Gasteiger partial charge in [0.25, 0.3) is 0 Å². The van der Waals surface area contributed by atoms with E-state index >= 15 is 0 Å². The van der Waals surface area contributed by atoms with Crippen molar-refractivity contribution in [1.82, 2.24) is 4.72 Å². The van der Waals surface area contributed by atoms with Crippen LogP contribution in [0.3, 0.4) is 0 Å². The number of hydrogen-bond donors (Lipinski definition) is 3. The molecule has 3 nitrogen and oxygen atoms in total. The maximum atomic E-state index is 8.77. The lowest BCUT2D eigenvalue weighted by Gasteiger charge is -2.27. The summed E-state index contributed by atoms with van der Waals surface area (Å²) in [4.78, 5) is 0. The number of rotatable bonds is 4. The van der Waals surface area contributed by atoms with Crippen molar-refractivity contribution in [2.45, 2.75) is 33.6 Å². The summed E-state index contributed by atoms with van der Waals surface area (Å²) in [6, 6.07) is 0. The van der Waals surface area contributed by atoms with E-state index < -0.39 is 10.8 Å². The molecule has 0 aromatic rings. The fourth-order valence-corrected chi connectivity index (χ4v) is 0.973. The molecule has 0 saturated heterocycles. The molecule has 3 N–H and O–H groups in total. The Labute approximate surface area is 73.2 Å². The molecule has 0 saturated carbocycles. The zero-order valence-corrected chi connectivity index (χ0v) is 8.74. The van der Waals surface area contributed by atoms with Gasteiger partial charge < -0.3 is 0 Å². The van der Waals surface area contributed by atoms with Crippen molar-refractivity contribution < 1.29 is 10.5 Å². The minimum Gasteiger partial charge on any atom is -0.286 e. The molecule has 0 atom stereocenters. The maximum absolute atomic E-state index is 8.77. The van der Waals surface area contributed by atoms with Gasteiger partial charge in [-0.1, -0.05) is 27.2 Å². The number of nitrogens with one attached hydrogen (secondary N) is 1. The van der Waals surface area contributed by atoms with E-state index in [2.05, 4.69) is 11.6 Å². The van der Waals surface area contributed by atoms with Gasteiger partial charge >= 0.3 is 0 Å². The zero-order valence-electron chi connectivity index (χ0n) is 7.92. The van der Waals surface area contributed by atoms with Gasteiger partial charge in [0.15, 0.2) is 0 Å². The van der Waals surface area contributed by atoms with Crippen molar-refractivity contribution in [3.05, 3.63) is 0 Å². The third kappa shape index (κ3) is 17.9. The molecular weight excluding hydrogens is 162 g/mol. The highest BCUT2D eigenvalue weighted by atomic mass is 32.3. The van der Waals surface area contributed by atoms with E-state index in [4.69, 9.17) is 9.11 Å². The van der Waals surface area contributed by atoms with Gasteiger partial charge in [0, 0.05) is 14.2 Å². The molecule has 0 aromatic carbocycles. The molecular formula is C7H23NO2S. The van der Waals surface area contributed by atoms with Gasteiger partial charge in [0.2, 0.25) is 0 Å². The Hall–Kier alpha value is 0.230. The Morgan fingerprint density at radius 1 is 1.36 bits per heavy atom. The predicted molar refractivity (Wildman–Crippen MR) is 55.1 cm³/mol. The van der Waals surface area contributed by atoms with E-state index in [9.17, 15) is 0 Å². The first-order valence-corrected chi connectivity index (χ1v) is 5.99. The second-order valence-corrected chi connectivity index (χ2v) is 4.04. The Morgan fingerprint density at radius 2 is 1.82 bits per heavy atom. The first kappa shape index (κ1) is 13.8. The molecule has 74 valence electrons. The monoisotopic (exact) mass is 185 g/mol. The highest BCUT2D eigenvalue weighted by Gasteiger charge is 1.98. The van der Waals surface area contributed by atoms with Crippen LogP contribution >= 0.6 is 10.8 Å². The summed E-state index contributed by atoms with van der Waals surface area (Å²) in [6.45, 7) is 6.75. The summed E-state index contributed by atoms with van der Waals surface area (Å²) in [7, 11) is -2.45. The van der Waals surface area contributed by atoms with Gasteiger partial charge in [-0.3, -0.25) is 9.11 Å². The molecule has 4 heteroatoms. The summed E-state index contributed by atoms with van der Waals surface area (Å²) in [5.74, 6) is 0. The highest BCUT2D eigenvalue weighted by molar-refractivity contribution is 8.22. The van der Waals surface area contributed by atoms with Crippen LogP contribution in [-0.2, 0) is 0 Å². The van der Waals surface area contributed by atoms with E-state index in [1.165, 1.54) is 6.26 Å². The van der Waals surface area contributed by atoms with Gasteiger partial charge in [-0.15, -0.1) is 10.8 Å². The van der Waals surface area contributed by atoms with Gasteiger partial charge in [-0.25, -0.2) is 4.72 Å². The van der Waals surface area contributed by atoms with Crippen LogP contribution in [0.5, 0.6) is 0 Å². The van der Waals surface area contributed by atoms with Gasteiger partial charge in [0.1, 0.15) is 0 Å². The average Bonchev–Trinajstić information content (AvgIpc) is 1.90. The molecule has 0 heterocycles. The number of hydrogen-bond acceptors (Lipinski definition) is 3. The van der Waals surface area contributed by atoms with E-state index in [-0.39, 0.29) is 1.43 Å². The molecule has 0 radical (unpaired) electrons. The van der Waals surface area contributed by atoms with Crippen LogP contribution in [0, 0.1) is 0 Å². The summed E-state index contributed by atoms with van der Waals surface area (Å²) >= 11 is 0. The summed E-state index contributed by atoms with van der Waals surface area (Å²) < 4.78 is 20.2. The molecule has 0 aliphatic rings. The van der Waals surface area contributed by atoms with Crippen LogP contribution in [0.4, 0.5) is 0 Å². The first-order valence-electron chi connectivity index (χ1n) is 4.04.